The summed E-state index contributed by atoms with van der Waals surface area (Å²) in [4.78, 5) is 23.9. The van der Waals surface area contributed by atoms with E-state index in [1.807, 2.05) is 19.1 Å². The van der Waals surface area contributed by atoms with Crippen LogP contribution in [0.15, 0.2) is 24.3 Å². The van der Waals surface area contributed by atoms with Crippen molar-refractivity contribution in [2.75, 3.05) is 18.1 Å². The van der Waals surface area contributed by atoms with Gasteiger partial charge in [-0.05, 0) is 31.9 Å². The number of benzene rings is 1. The maximum atomic E-state index is 12.0. The van der Waals surface area contributed by atoms with Gasteiger partial charge in [-0.2, -0.15) is 0 Å². The number of hydrogen-bond donors (Lipinski definition) is 2. The van der Waals surface area contributed by atoms with Crippen LogP contribution >= 0.6 is 0 Å². The molecule has 0 saturated carbocycles. The van der Waals surface area contributed by atoms with E-state index in [-0.39, 0.29) is 29.9 Å². The van der Waals surface area contributed by atoms with Crippen molar-refractivity contribution in [2.45, 2.75) is 25.8 Å². The summed E-state index contributed by atoms with van der Waals surface area (Å²) in [5.74, 6) is -0.685. The van der Waals surface area contributed by atoms with Gasteiger partial charge in [-0.15, -0.1) is 0 Å². The molecule has 1 saturated heterocycles. The summed E-state index contributed by atoms with van der Waals surface area (Å²) in [5, 5.41) is 5.25. The van der Waals surface area contributed by atoms with Crippen molar-refractivity contribution >= 4 is 21.7 Å². The highest BCUT2D eigenvalue weighted by Crippen LogP contribution is 2.22. The predicted molar refractivity (Wildman–Crippen MR) is 83.3 cm³/mol. The van der Waals surface area contributed by atoms with Gasteiger partial charge in [0.15, 0.2) is 9.84 Å². The smallest absolute Gasteiger partial charge is 0.251 e. The molecule has 1 aromatic carbocycles. The van der Waals surface area contributed by atoms with Crippen molar-refractivity contribution in [3.8, 4) is 0 Å². The maximum absolute atomic E-state index is 12.0. The zero-order valence-electron chi connectivity index (χ0n) is 12.7. The van der Waals surface area contributed by atoms with Crippen LogP contribution in [0.4, 0.5) is 0 Å². The summed E-state index contributed by atoms with van der Waals surface area (Å²) >= 11 is 0. The highest BCUT2D eigenvalue weighted by atomic mass is 32.2. The van der Waals surface area contributed by atoms with E-state index < -0.39 is 15.4 Å². The van der Waals surface area contributed by atoms with Crippen LogP contribution in [-0.4, -0.2) is 43.8 Å². The molecule has 1 aromatic rings. The summed E-state index contributed by atoms with van der Waals surface area (Å²) in [6, 6.07) is 7.10. The number of carbonyl (C=O) groups excluding carboxylic acids is 2. The van der Waals surface area contributed by atoms with E-state index >= 15 is 0 Å². The van der Waals surface area contributed by atoms with Gasteiger partial charge in [-0.3, -0.25) is 9.59 Å². The average Bonchev–Trinajstić information content (AvgIpc) is 2.70. The minimum absolute atomic E-state index is 0.0581. The number of carbonyl (C=O) groups is 2. The van der Waals surface area contributed by atoms with E-state index in [9.17, 15) is 18.0 Å². The van der Waals surface area contributed by atoms with Crippen LogP contribution < -0.4 is 10.6 Å². The molecule has 1 atom stereocenters. The molecule has 0 radical (unpaired) electrons. The lowest BCUT2D eigenvalue weighted by Crippen LogP contribution is -2.50. The minimum atomic E-state index is -3.08. The highest BCUT2D eigenvalue weighted by Gasteiger charge is 2.39. The number of aryl methyl sites for hydroxylation is 1. The second kappa shape index (κ2) is 6.08. The van der Waals surface area contributed by atoms with Gasteiger partial charge in [0, 0.05) is 5.56 Å². The third-order valence-electron chi connectivity index (χ3n) is 3.74. The van der Waals surface area contributed by atoms with Crippen LogP contribution in [0.25, 0.3) is 0 Å². The van der Waals surface area contributed by atoms with Gasteiger partial charge in [0.2, 0.25) is 5.91 Å². The fraction of sp³-hybridized carbons (Fsp3) is 0.467. The van der Waals surface area contributed by atoms with Crippen LogP contribution in [0.5, 0.6) is 0 Å². The number of nitrogens with one attached hydrogen (secondary N) is 2. The SMILES string of the molecule is Cc1ccccc1C(=O)NCC(=O)NC1(C)CCS(=O)(=O)C1. The number of sulfone groups is 1. The summed E-state index contributed by atoms with van der Waals surface area (Å²) in [6.45, 7) is 3.35. The van der Waals surface area contributed by atoms with Crippen molar-refractivity contribution in [1.82, 2.24) is 10.6 Å². The van der Waals surface area contributed by atoms with Gasteiger partial charge in [0.1, 0.15) is 0 Å². The Morgan fingerprint density at radius 3 is 2.55 bits per heavy atom. The lowest BCUT2D eigenvalue weighted by molar-refractivity contribution is -0.121. The fourth-order valence-corrected chi connectivity index (χ4v) is 4.67. The molecule has 1 heterocycles. The van der Waals surface area contributed by atoms with Crippen LogP contribution in [0.2, 0.25) is 0 Å². The molecule has 2 N–H and O–H groups in total. The van der Waals surface area contributed by atoms with Crippen molar-refractivity contribution in [3.05, 3.63) is 35.4 Å². The second-order valence-corrected chi connectivity index (χ2v) is 8.13. The Labute approximate surface area is 130 Å². The molecule has 2 rings (SSSR count). The van der Waals surface area contributed by atoms with Gasteiger partial charge in [0.25, 0.3) is 5.91 Å². The van der Waals surface area contributed by atoms with Gasteiger partial charge >= 0.3 is 0 Å². The zero-order valence-corrected chi connectivity index (χ0v) is 13.5. The van der Waals surface area contributed by atoms with E-state index in [0.29, 0.717) is 12.0 Å². The standard InChI is InChI=1S/C15H20N2O4S/c1-11-5-3-4-6-12(11)14(19)16-9-13(18)17-15(2)7-8-22(20,21)10-15/h3-6H,7-10H2,1-2H3,(H,16,19)(H,17,18). The van der Waals surface area contributed by atoms with Crippen LogP contribution in [0, 0.1) is 6.92 Å². The van der Waals surface area contributed by atoms with Gasteiger partial charge in [-0.25, -0.2) is 8.42 Å². The minimum Gasteiger partial charge on any atom is -0.348 e. The zero-order chi connectivity index (χ0) is 16.4. The van der Waals surface area contributed by atoms with Gasteiger partial charge in [-0.1, -0.05) is 18.2 Å². The topological polar surface area (TPSA) is 92.3 Å². The molecule has 22 heavy (non-hydrogen) atoms. The molecular formula is C15H20N2O4S. The molecular weight excluding hydrogens is 304 g/mol. The summed E-state index contributed by atoms with van der Waals surface area (Å²) < 4.78 is 23.0. The number of hydrogen-bond acceptors (Lipinski definition) is 4. The highest BCUT2D eigenvalue weighted by molar-refractivity contribution is 7.91. The largest absolute Gasteiger partial charge is 0.348 e. The second-order valence-electron chi connectivity index (χ2n) is 5.95. The van der Waals surface area contributed by atoms with Crippen LogP contribution in [-0.2, 0) is 14.6 Å². The Morgan fingerprint density at radius 1 is 1.27 bits per heavy atom. The molecule has 1 unspecified atom stereocenters. The average molecular weight is 324 g/mol. The Kier molecular flexibility index (Phi) is 4.55. The monoisotopic (exact) mass is 324 g/mol. The Balaban J connectivity index is 1.89. The van der Waals surface area contributed by atoms with Crippen molar-refractivity contribution in [2.24, 2.45) is 0 Å². The Morgan fingerprint density at radius 2 is 1.95 bits per heavy atom. The maximum Gasteiger partial charge on any atom is 0.251 e. The van der Waals surface area contributed by atoms with Gasteiger partial charge in [0.05, 0.1) is 23.6 Å². The Hall–Kier alpha value is -1.89. The first kappa shape index (κ1) is 16.5. The molecule has 6 nitrogen and oxygen atoms in total. The van der Waals surface area contributed by atoms with Crippen LogP contribution in [0.3, 0.4) is 0 Å². The van der Waals surface area contributed by atoms with Crippen molar-refractivity contribution in [3.63, 3.8) is 0 Å². The molecule has 1 aliphatic heterocycles. The quantitative estimate of drug-likeness (QED) is 0.839. The molecule has 0 spiro atoms. The van der Waals surface area contributed by atoms with Gasteiger partial charge < -0.3 is 10.6 Å². The summed E-state index contributed by atoms with van der Waals surface area (Å²) in [6.07, 6.45) is 0.396. The third-order valence-corrected chi connectivity index (χ3v) is 5.65. The van der Waals surface area contributed by atoms with Crippen molar-refractivity contribution < 1.29 is 18.0 Å². The first-order valence-corrected chi connectivity index (χ1v) is 8.88. The molecule has 1 aliphatic rings. The molecule has 0 aliphatic carbocycles. The van der Waals surface area contributed by atoms with Crippen LogP contribution in [0.1, 0.15) is 29.3 Å². The first-order chi connectivity index (χ1) is 10.2. The molecule has 2 amide bonds. The molecule has 120 valence electrons. The predicted octanol–water partition coefficient (Wildman–Crippen LogP) is 0.418. The number of amides is 2. The van der Waals surface area contributed by atoms with Crippen molar-refractivity contribution in [1.29, 1.82) is 0 Å². The van der Waals surface area contributed by atoms with E-state index in [1.54, 1.807) is 19.1 Å². The molecule has 0 bridgehead atoms. The normalized spacial score (nSPS) is 23.0. The molecule has 7 heteroatoms. The third kappa shape index (κ3) is 4.07. The lowest BCUT2D eigenvalue weighted by Gasteiger charge is -2.23. The molecule has 0 aromatic heterocycles. The number of rotatable bonds is 4. The van der Waals surface area contributed by atoms with E-state index in [4.69, 9.17) is 0 Å². The van der Waals surface area contributed by atoms with E-state index in [2.05, 4.69) is 10.6 Å². The summed E-state index contributed by atoms with van der Waals surface area (Å²) in [7, 11) is -3.08. The Bertz CT molecular complexity index is 699. The van der Waals surface area contributed by atoms with E-state index in [0.717, 1.165) is 5.56 Å². The lowest BCUT2D eigenvalue weighted by atomic mass is 10.0. The first-order valence-electron chi connectivity index (χ1n) is 7.06. The van der Waals surface area contributed by atoms with E-state index in [1.165, 1.54) is 0 Å². The molecule has 1 fully saturated rings. The summed E-state index contributed by atoms with van der Waals surface area (Å²) in [5.41, 5.74) is 0.600. The fourth-order valence-electron chi connectivity index (χ4n) is 2.57.